The lowest BCUT2D eigenvalue weighted by atomic mass is 10.3. The van der Waals surface area contributed by atoms with Crippen LogP contribution < -0.4 is 5.56 Å². The highest BCUT2D eigenvalue weighted by molar-refractivity contribution is 5.78. The van der Waals surface area contributed by atoms with Crippen LogP contribution in [-0.2, 0) is 11.3 Å². The fourth-order valence-electron chi connectivity index (χ4n) is 1.65. The molecular weight excluding hydrogens is 192 g/mol. The van der Waals surface area contributed by atoms with Crippen molar-refractivity contribution in [1.29, 1.82) is 0 Å². The van der Waals surface area contributed by atoms with Crippen molar-refractivity contribution in [3.05, 3.63) is 34.9 Å². The minimum absolute atomic E-state index is 0.0472. The van der Waals surface area contributed by atoms with E-state index in [9.17, 15) is 4.79 Å². The second-order valence-corrected chi connectivity index (χ2v) is 3.32. The third-order valence-corrected chi connectivity index (χ3v) is 2.37. The van der Waals surface area contributed by atoms with Crippen LogP contribution in [0.3, 0.4) is 0 Å². The second kappa shape index (κ2) is 4.31. The summed E-state index contributed by atoms with van der Waals surface area (Å²) in [5, 5.41) is 0.968. The van der Waals surface area contributed by atoms with Gasteiger partial charge in [0.05, 0.1) is 6.61 Å². The van der Waals surface area contributed by atoms with Crippen LogP contribution in [0.4, 0.5) is 0 Å². The van der Waals surface area contributed by atoms with Gasteiger partial charge in [-0.1, -0.05) is 0 Å². The Labute approximate surface area is 87.5 Å². The van der Waals surface area contributed by atoms with Crippen LogP contribution in [0.2, 0.25) is 0 Å². The summed E-state index contributed by atoms with van der Waals surface area (Å²) in [6, 6.07) is 3.84. The molecular formula is C11H14N2O2. The van der Waals surface area contributed by atoms with Crippen LogP contribution >= 0.6 is 0 Å². The number of ether oxygens (including phenoxy) is 1. The summed E-state index contributed by atoms with van der Waals surface area (Å²) >= 11 is 0. The van der Waals surface area contributed by atoms with Crippen LogP contribution in [0.25, 0.3) is 10.9 Å². The number of aromatic amines is 1. The highest BCUT2D eigenvalue weighted by Gasteiger charge is 2.03. The number of rotatable bonds is 4. The van der Waals surface area contributed by atoms with Crippen LogP contribution in [0, 0.1) is 0 Å². The molecule has 80 valence electrons. The van der Waals surface area contributed by atoms with Gasteiger partial charge in [-0.3, -0.25) is 4.79 Å². The first-order chi connectivity index (χ1) is 7.33. The number of pyridine rings is 1. The smallest absolute Gasteiger partial charge is 0.272 e. The fraction of sp³-hybridized carbons (Fsp3) is 0.364. The molecule has 0 saturated carbocycles. The van der Waals surface area contributed by atoms with Crippen molar-refractivity contribution in [2.75, 3.05) is 13.2 Å². The maximum Gasteiger partial charge on any atom is 0.272 e. The van der Waals surface area contributed by atoms with Gasteiger partial charge in [-0.2, -0.15) is 0 Å². The van der Waals surface area contributed by atoms with Gasteiger partial charge in [0.2, 0.25) is 0 Å². The Morgan fingerprint density at radius 3 is 3.13 bits per heavy atom. The predicted molar refractivity (Wildman–Crippen MR) is 59.1 cm³/mol. The van der Waals surface area contributed by atoms with Crippen molar-refractivity contribution in [2.24, 2.45) is 0 Å². The van der Waals surface area contributed by atoms with Crippen LogP contribution in [-0.4, -0.2) is 22.8 Å². The lowest BCUT2D eigenvalue weighted by Gasteiger charge is -2.04. The zero-order valence-corrected chi connectivity index (χ0v) is 8.69. The molecule has 0 saturated heterocycles. The molecule has 15 heavy (non-hydrogen) atoms. The van der Waals surface area contributed by atoms with Crippen molar-refractivity contribution in [2.45, 2.75) is 13.5 Å². The molecule has 0 radical (unpaired) electrons. The van der Waals surface area contributed by atoms with E-state index in [1.54, 1.807) is 6.20 Å². The van der Waals surface area contributed by atoms with Crippen LogP contribution in [0.15, 0.2) is 29.3 Å². The van der Waals surface area contributed by atoms with Gasteiger partial charge in [0.25, 0.3) is 5.56 Å². The van der Waals surface area contributed by atoms with Gasteiger partial charge in [-0.25, -0.2) is 0 Å². The maximum absolute atomic E-state index is 11.6. The van der Waals surface area contributed by atoms with Gasteiger partial charge < -0.3 is 14.3 Å². The zero-order chi connectivity index (χ0) is 10.7. The molecule has 2 rings (SSSR count). The molecule has 0 spiro atoms. The molecule has 1 N–H and O–H groups in total. The summed E-state index contributed by atoms with van der Waals surface area (Å²) in [5.41, 5.74) is 0.672. The second-order valence-electron chi connectivity index (χ2n) is 3.32. The van der Waals surface area contributed by atoms with Crippen molar-refractivity contribution in [3.8, 4) is 0 Å². The molecule has 0 aromatic carbocycles. The Kier molecular flexibility index (Phi) is 2.87. The van der Waals surface area contributed by atoms with E-state index in [2.05, 4.69) is 4.98 Å². The van der Waals surface area contributed by atoms with Gasteiger partial charge in [0.15, 0.2) is 0 Å². The number of nitrogens with zero attached hydrogens (tertiary/aromatic N) is 1. The maximum atomic E-state index is 11.6. The van der Waals surface area contributed by atoms with E-state index in [1.165, 1.54) is 0 Å². The molecule has 2 aromatic rings. The summed E-state index contributed by atoms with van der Waals surface area (Å²) in [5.74, 6) is 0. The normalized spacial score (nSPS) is 11.0. The Bertz CT molecular complexity index is 499. The van der Waals surface area contributed by atoms with E-state index in [-0.39, 0.29) is 5.56 Å². The zero-order valence-electron chi connectivity index (χ0n) is 8.69. The fourth-order valence-corrected chi connectivity index (χ4v) is 1.65. The average molecular weight is 206 g/mol. The van der Waals surface area contributed by atoms with Crippen LogP contribution in [0.5, 0.6) is 0 Å². The molecule has 0 unspecified atom stereocenters. The topological polar surface area (TPSA) is 47.0 Å². The standard InChI is InChI=1S/C11H14N2O2/c1-2-15-8-7-13-6-4-9-3-5-12-11(14)10(9)13/h3-6H,2,7-8H2,1H3,(H,12,14). The molecule has 4 nitrogen and oxygen atoms in total. The van der Waals surface area contributed by atoms with Crippen molar-refractivity contribution < 1.29 is 4.74 Å². The predicted octanol–water partition coefficient (Wildman–Crippen LogP) is 1.37. The Hall–Kier alpha value is -1.55. The van der Waals surface area contributed by atoms with E-state index in [1.807, 2.05) is 29.8 Å². The molecule has 2 aromatic heterocycles. The molecule has 0 bridgehead atoms. The van der Waals surface area contributed by atoms with Gasteiger partial charge in [-0.15, -0.1) is 0 Å². The SMILES string of the molecule is CCOCCn1ccc2cc[nH]c(=O)c21. The summed E-state index contributed by atoms with van der Waals surface area (Å²) in [6.45, 7) is 4.01. The number of nitrogens with one attached hydrogen (secondary N) is 1. The first-order valence-corrected chi connectivity index (χ1v) is 5.07. The van der Waals surface area contributed by atoms with Gasteiger partial charge in [0.1, 0.15) is 5.52 Å². The lowest BCUT2D eigenvalue weighted by Crippen LogP contribution is -2.12. The molecule has 0 aliphatic carbocycles. The van der Waals surface area contributed by atoms with E-state index in [0.717, 1.165) is 10.9 Å². The number of aromatic nitrogens is 2. The molecule has 0 atom stereocenters. The molecule has 0 aliphatic heterocycles. The van der Waals surface area contributed by atoms with Crippen molar-refractivity contribution in [3.63, 3.8) is 0 Å². The quantitative estimate of drug-likeness (QED) is 0.768. The lowest BCUT2D eigenvalue weighted by molar-refractivity contribution is 0.140. The first kappa shape index (κ1) is 9.98. The van der Waals surface area contributed by atoms with E-state index < -0.39 is 0 Å². The summed E-state index contributed by atoms with van der Waals surface area (Å²) in [6.07, 6.45) is 3.58. The largest absolute Gasteiger partial charge is 0.380 e. The number of fused-ring (bicyclic) bond motifs is 1. The van der Waals surface area contributed by atoms with Crippen LogP contribution in [0.1, 0.15) is 6.92 Å². The summed E-state index contributed by atoms with van der Waals surface area (Å²) in [4.78, 5) is 14.3. The molecule has 4 heteroatoms. The number of hydrogen-bond acceptors (Lipinski definition) is 2. The van der Waals surface area contributed by atoms with E-state index >= 15 is 0 Å². The van der Waals surface area contributed by atoms with Gasteiger partial charge in [0, 0.05) is 30.9 Å². The Morgan fingerprint density at radius 2 is 2.33 bits per heavy atom. The molecule has 2 heterocycles. The number of H-pyrrole nitrogens is 1. The van der Waals surface area contributed by atoms with Gasteiger partial charge in [-0.05, 0) is 19.1 Å². The summed E-state index contributed by atoms with van der Waals surface area (Å²) in [7, 11) is 0. The average Bonchev–Trinajstić information content (AvgIpc) is 2.63. The molecule has 0 aliphatic rings. The summed E-state index contributed by atoms with van der Waals surface area (Å²) < 4.78 is 7.18. The third-order valence-electron chi connectivity index (χ3n) is 2.37. The Morgan fingerprint density at radius 1 is 1.47 bits per heavy atom. The number of hydrogen-bond donors (Lipinski definition) is 1. The minimum Gasteiger partial charge on any atom is -0.380 e. The van der Waals surface area contributed by atoms with Gasteiger partial charge >= 0.3 is 0 Å². The molecule has 0 amide bonds. The van der Waals surface area contributed by atoms with E-state index in [4.69, 9.17) is 4.74 Å². The third kappa shape index (κ3) is 1.94. The van der Waals surface area contributed by atoms with Crippen molar-refractivity contribution >= 4 is 10.9 Å². The molecule has 0 fully saturated rings. The highest BCUT2D eigenvalue weighted by Crippen LogP contribution is 2.09. The minimum atomic E-state index is -0.0472. The first-order valence-electron chi connectivity index (χ1n) is 5.07. The highest BCUT2D eigenvalue weighted by atomic mass is 16.5. The Balaban J connectivity index is 2.32. The van der Waals surface area contributed by atoms with Crippen molar-refractivity contribution in [1.82, 2.24) is 9.55 Å². The van der Waals surface area contributed by atoms with E-state index in [0.29, 0.717) is 19.8 Å². The monoisotopic (exact) mass is 206 g/mol.